The fraction of sp³-hybridized carbons (Fsp3) is 0.707. The second-order valence-corrected chi connectivity index (χ2v) is 14.1. The van der Waals surface area contributed by atoms with Crippen molar-refractivity contribution in [2.45, 2.75) is 145 Å². The maximum atomic E-state index is 4.45. The Morgan fingerprint density at radius 2 is 1.73 bits per heavy atom. The van der Waals surface area contributed by atoms with Gasteiger partial charge in [0.2, 0.25) is 0 Å². The third kappa shape index (κ3) is 9.46. The average molecular weight is 563 g/mol. The first kappa shape index (κ1) is 35.6. The lowest BCUT2D eigenvalue weighted by Gasteiger charge is -2.51. The number of hydrogen-bond acceptors (Lipinski definition) is 0. The summed E-state index contributed by atoms with van der Waals surface area (Å²) in [4.78, 5) is 0. The van der Waals surface area contributed by atoms with Gasteiger partial charge >= 0.3 is 0 Å². The summed E-state index contributed by atoms with van der Waals surface area (Å²) in [5, 5.41) is 0. The zero-order valence-corrected chi connectivity index (χ0v) is 28.6. The number of rotatable bonds is 6. The molecule has 7 atom stereocenters. The third-order valence-electron chi connectivity index (χ3n) is 11.8. The van der Waals surface area contributed by atoms with Crippen molar-refractivity contribution >= 4 is 0 Å². The Balaban J connectivity index is 0.000000685. The van der Waals surface area contributed by atoms with E-state index >= 15 is 0 Å². The molecule has 0 aliphatic heterocycles. The standard InChI is InChI=1S/C31H52.C8H10.C2H6.H2/c1-7-13-25(8-2)27-15-12-11-14-26-18-21-31(10-4)23-22-30(6,9-3)20-19-29(31)28(26)17-16-24(27)5;1-7(2)8-5-3-4-6-8;1-2;/h7-8,10,24,26-29H,1,4,9,11-23H2,2-3,5-6H3;3,5-6H,1,4H2,2H3;1-2H3;1H/b25-8+;;;/t24-,26+,27-,28?,29+,30-,31?;;;/m0.../s1. The smallest absolute Gasteiger partial charge is 0 e. The van der Waals surface area contributed by atoms with Gasteiger partial charge in [0, 0.05) is 1.43 Å². The van der Waals surface area contributed by atoms with Gasteiger partial charge in [-0.25, -0.2) is 0 Å². The van der Waals surface area contributed by atoms with Crippen LogP contribution in [-0.4, -0.2) is 0 Å². The first-order valence-electron chi connectivity index (χ1n) is 17.6. The summed E-state index contributed by atoms with van der Waals surface area (Å²) in [5.41, 5.74) is 5.10. The molecule has 0 amide bonds. The van der Waals surface area contributed by atoms with Crippen molar-refractivity contribution in [2.75, 3.05) is 0 Å². The summed E-state index contributed by atoms with van der Waals surface area (Å²) < 4.78 is 0. The van der Waals surface area contributed by atoms with Gasteiger partial charge in [-0.05, 0) is 130 Å². The molecule has 3 fully saturated rings. The highest BCUT2D eigenvalue weighted by molar-refractivity contribution is 5.40. The van der Waals surface area contributed by atoms with Crippen LogP contribution in [0.15, 0.2) is 72.9 Å². The molecular weight excluding hydrogens is 492 g/mol. The molecule has 0 aromatic rings. The van der Waals surface area contributed by atoms with E-state index in [4.69, 9.17) is 0 Å². The predicted molar refractivity (Wildman–Crippen MR) is 188 cm³/mol. The maximum absolute atomic E-state index is 4.45. The summed E-state index contributed by atoms with van der Waals surface area (Å²) in [6, 6.07) is 0. The van der Waals surface area contributed by atoms with Gasteiger partial charge in [-0.2, -0.15) is 0 Å². The first-order valence-corrected chi connectivity index (χ1v) is 17.6. The molecule has 3 saturated carbocycles. The molecular formula is C41H70. The summed E-state index contributed by atoms with van der Waals surface area (Å²) in [6.07, 6.45) is 34.1. The van der Waals surface area contributed by atoms with Crippen LogP contribution in [0.25, 0.3) is 0 Å². The molecule has 4 aliphatic rings. The lowest BCUT2D eigenvalue weighted by atomic mass is 9.54. The van der Waals surface area contributed by atoms with Crippen LogP contribution in [0.4, 0.5) is 0 Å². The summed E-state index contributed by atoms with van der Waals surface area (Å²) >= 11 is 0. The second-order valence-electron chi connectivity index (χ2n) is 14.1. The zero-order valence-electron chi connectivity index (χ0n) is 28.6. The van der Waals surface area contributed by atoms with Crippen LogP contribution in [-0.2, 0) is 0 Å². The SMILES string of the molecule is C=C(C)C1=CCC=C1.C=CC/C(=C\C)[C@H]1CCCC[C@@H]2CCC3(C=C)CC[C@@](C)(CC)CC[C@@H]3C2CC[C@@H]1C.CC.[HH]. The van der Waals surface area contributed by atoms with E-state index in [1.165, 1.54) is 94.6 Å². The highest BCUT2D eigenvalue weighted by Gasteiger charge is 2.49. The van der Waals surface area contributed by atoms with Crippen LogP contribution in [0, 0.1) is 40.4 Å². The van der Waals surface area contributed by atoms with Crippen molar-refractivity contribution in [1.29, 1.82) is 0 Å². The Morgan fingerprint density at radius 3 is 2.29 bits per heavy atom. The van der Waals surface area contributed by atoms with Gasteiger partial charge in [0.05, 0.1) is 0 Å². The van der Waals surface area contributed by atoms with Crippen molar-refractivity contribution in [2.24, 2.45) is 40.4 Å². The molecule has 0 bridgehead atoms. The second kappa shape index (κ2) is 17.5. The number of fused-ring (bicyclic) bond motifs is 3. The minimum atomic E-state index is 0. The largest absolute Gasteiger partial charge is 0.103 e. The summed E-state index contributed by atoms with van der Waals surface area (Å²) in [6.45, 7) is 28.1. The zero-order chi connectivity index (χ0) is 30.5. The average Bonchev–Trinajstić information content (AvgIpc) is 3.50. The van der Waals surface area contributed by atoms with Gasteiger partial charge in [-0.15, -0.1) is 13.2 Å². The van der Waals surface area contributed by atoms with E-state index < -0.39 is 0 Å². The Hall–Kier alpha value is -1.56. The Bertz CT molecular complexity index is 917. The van der Waals surface area contributed by atoms with Crippen LogP contribution in [0.2, 0.25) is 0 Å². The first-order chi connectivity index (χ1) is 19.7. The third-order valence-corrected chi connectivity index (χ3v) is 11.8. The van der Waals surface area contributed by atoms with Gasteiger partial charge in [0.15, 0.2) is 0 Å². The fourth-order valence-corrected chi connectivity index (χ4v) is 8.78. The van der Waals surface area contributed by atoms with Crippen molar-refractivity contribution in [1.82, 2.24) is 0 Å². The van der Waals surface area contributed by atoms with Crippen molar-refractivity contribution in [3.8, 4) is 0 Å². The molecule has 0 radical (unpaired) electrons. The van der Waals surface area contributed by atoms with Gasteiger partial charge in [-0.1, -0.05) is 114 Å². The molecule has 0 heterocycles. The van der Waals surface area contributed by atoms with Crippen molar-refractivity contribution in [3.05, 3.63) is 72.9 Å². The quantitative estimate of drug-likeness (QED) is 0.282. The summed E-state index contributed by atoms with van der Waals surface area (Å²) in [5.74, 6) is 4.36. The lowest BCUT2D eigenvalue weighted by molar-refractivity contribution is 0.0149. The van der Waals surface area contributed by atoms with E-state index in [9.17, 15) is 0 Å². The Morgan fingerprint density at radius 1 is 1.00 bits per heavy atom. The Kier molecular flexibility index (Phi) is 15.2. The Labute approximate surface area is 259 Å². The number of hydrogen-bond donors (Lipinski definition) is 0. The van der Waals surface area contributed by atoms with E-state index in [2.05, 4.69) is 83.9 Å². The van der Waals surface area contributed by atoms with Crippen molar-refractivity contribution in [3.63, 3.8) is 0 Å². The molecule has 0 saturated heterocycles. The van der Waals surface area contributed by atoms with Gasteiger partial charge < -0.3 is 0 Å². The summed E-state index contributed by atoms with van der Waals surface area (Å²) in [7, 11) is 0. The topological polar surface area (TPSA) is 0 Å². The van der Waals surface area contributed by atoms with Gasteiger partial charge in [-0.3, -0.25) is 0 Å². The molecule has 0 heteroatoms. The van der Waals surface area contributed by atoms with Gasteiger partial charge in [0.1, 0.15) is 0 Å². The molecule has 0 spiro atoms. The monoisotopic (exact) mass is 563 g/mol. The molecule has 234 valence electrons. The fourth-order valence-electron chi connectivity index (χ4n) is 8.78. The molecule has 41 heavy (non-hydrogen) atoms. The molecule has 0 N–H and O–H groups in total. The maximum Gasteiger partial charge on any atom is 0 e. The molecule has 0 nitrogen and oxygen atoms in total. The van der Waals surface area contributed by atoms with Crippen LogP contribution in [0.5, 0.6) is 0 Å². The van der Waals surface area contributed by atoms with Crippen LogP contribution in [0.1, 0.15) is 146 Å². The van der Waals surface area contributed by atoms with E-state index in [1.807, 2.05) is 20.8 Å². The molecule has 0 aromatic heterocycles. The lowest BCUT2D eigenvalue weighted by Crippen LogP contribution is -2.42. The van der Waals surface area contributed by atoms with E-state index in [0.29, 0.717) is 10.8 Å². The van der Waals surface area contributed by atoms with E-state index in [1.54, 1.807) is 5.57 Å². The van der Waals surface area contributed by atoms with Crippen LogP contribution < -0.4 is 0 Å². The molecule has 4 rings (SSSR count). The van der Waals surface area contributed by atoms with Crippen molar-refractivity contribution < 1.29 is 1.43 Å². The molecule has 4 aliphatic carbocycles. The minimum Gasteiger partial charge on any atom is -0.103 e. The molecule has 2 unspecified atom stereocenters. The highest BCUT2D eigenvalue weighted by Crippen LogP contribution is 2.59. The minimum absolute atomic E-state index is 0. The highest BCUT2D eigenvalue weighted by atomic mass is 14.5. The number of allylic oxidation sites excluding steroid dienone is 9. The normalized spacial score (nSPS) is 35.5. The van der Waals surface area contributed by atoms with Gasteiger partial charge in [0.25, 0.3) is 0 Å². The van der Waals surface area contributed by atoms with Crippen LogP contribution >= 0.6 is 0 Å². The van der Waals surface area contributed by atoms with E-state index in [0.717, 1.165) is 42.4 Å². The van der Waals surface area contributed by atoms with E-state index in [-0.39, 0.29) is 1.43 Å². The molecule has 0 aromatic carbocycles. The van der Waals surface area contributed by atoms with Crippen LogP contribution in [0.3, 0.4) is 0 Å². The predicted octanol–water partition coefficient (Wildman–Crippen LogP) is 13.6.